The molecule has 0 spiro atoms. The molecule has 0 radical (unpaired) electrons. The minimum atomic E-state index is -1.08. The molecule has 1 unspecified atom stereocenters. The number of carboxylic acids is 1. The van der Waals surface area contributed by atoms with E-state index in [0.717, 1.165) is 0 Å². The maximum atomic E-state index is 10.2. The van der Waals surface area contributed by atoms with Crippen LogP contribution in [0.15, 0.2) is 5.70 Å². The molecule has 5 heteroatoms. The molecule has 1 atom stereocenters. The molecule has 0 saturated carbocycles. The van der Waals surface area contributed by atoms with Crippen molar-refractivity contribution in [3.63, 3.8) is 0 Å². The van der Waals surface area contributed by atoms with Crippen molar-refractivity contribution in [2.24, 2.45) is 5.73 Å². The average Bonchev–Trinajstić information content (AvgIpc) is 1.87. The third-order valence-electron chi connectivity index (χ3n) is 0.991. The van der Waals surface area contributed by atoms with E-state index in [4.69, 9.17) is 17.4 Å². The molecule has 0 fully saturated rings. The summed E-state index contributed by atoms with van der Waals surface area (Å²) in [5.41, 5.74) is 5.45. The van der Waals surface area contributed by atoms with Crippen LogP contribution in [-0.2, 0) is 20.1 Å². The molecule has 4 nitrogen and oxygen atoms in total. The van der Waals surface area contributed by atoms with Gasteiger partial charge < -0.3 is 0 Å². The van der Waals surface area contributed by atoms with Crippen LogP contribution in [-0.4, -0.2) is 22.2 Å². The van der Waals surface area contributed by atoms with Gasteiger partial charge in [0.1, 0.15) is 0 Å². The number of carboxylic acid groups (broad SMARTS) is 1. The van der Waals surface area contributed by atoms with Crippen molar-refractivity contribution in [1.29, 1.82) is 0 Å². The van der Waals surface area contributed by atoms with Crippen molar-refractivity contribution in [2.45, 2.75) is 12.5 Å². The fourth-order valence-corrected chi connectivity index (χ4v) is 0.638. The van der Waals surface area contributed by atoms with E-state index in [1.807, 2.05) is 0 Å². The standard InChI is InChI=1S/C6H9N2O2.Co/c1-4(8-2)3-5(7)6(9)10;/h1-2,5,8H,3,7H2,(H,9,10);/q-1;. The summed E-state index contributed by atoms with van der Waals surface area (Å²) in [6.45, 7) is 5.30. The van der Waals surface area contributed by atoms with Gasteiger partial charge in [0, 0.05) is 0 Å². The number of nitrogens with one attached hydrogen (secondary N) is 1. The summed E-state index contributed by atoms with van der Waals surface area (Å²) < 4.78 is 0. The first-order valence-electron chi connectivity index (χ1n) is 2.83. The predicted octanol–water partition coefficient (Wildman–Crippen LogP) is -0.999. The molecule has 4 N–H and O–H groups in total. The third kappa shape index (κ3) is 4.71. The van der Waals surface area contributed by atoms with Gasteiger partial charge in [-0.25, -0.2) is 0 Å². The summed E-state index contributed by atoms with van der Waals surface area (Å²) in [7, 11) is 0. The van der Waals surface area contributed by atoms with Gasteiger partial charge in [0.05, 0.1) is 0 Å². The minimum absolute atomic E-state index is 0.0886. The Morgan fingerprint density at radius 3 is 2.82 bits per heavy atom. The number of carbonyl (C=O) groups is 1. The Kier molecular flexibility index (Phi) is 4.76. The first-order chi connectivity index (χ1) is 5.07. The Morgan fingerprint density at radius 1 is 1.91 bits per heavy atom. The fraction of sp³-hybridized carbons (Fsp3) is 0.333. The van der Waals surface area contributed by atoms with Crippen LogP contribution in [0.5, 0.6) is 0 Å². The van der Waals surface area contributed by atoms with Gasteiger partial charge in [0.2, 0.25) is 0 Å². The molecule has 0 heterocycles. The van der Waals surface area contributed by atoms with Crippen molar-refractivity contribution < 1.29 is 25.2 Å². The summed E-state index contributed by atoms with van der Waals surface area (Å²) in [6.07, 6.45) is 0.0886. The number of hydrogen-bond acceptors (Lipinski definition) is 3. The first kappa shape index (κ1) is 10.3. The van der Waals surface area contributed by atoms with Crippen molar-refractivity contribution in [1.82, 2.24) is 5.32 Å². The fourth-order valence-electron chi connectivity index (χ4n) is 0.445. The van der Waals surface area contributed by atoms with Crippen LogP contribution in [0.1, 0.15) is 6.42 Å². The SMILES string of the molecule is [CH-]=C(CC(N)C(=O)O)N[CH]=[Co]. The van der Waals surface area contributed by atoms with Crippen LogP contribution >= 0.6 is 0 Å². The van der Waals surface area contributed by atoms with E-state index in [0.29, 0.717) is 0 Å². The van der Waals surface area contributed by atoms with Gasteiger partial charge in [-0.3, -0.25) is 0 Å². The van der Waals surface area contributed by atoms with Gasteiger partial charge in [0.25, 0.3) is 0 Å². The second-order valence-corrected chi connectivity index (χ2v) is 2.22. The molecule has 0 bridgehead atoms. The zero-order valence-corrected chi connectivity index (χ0v) is 6.75. The van der Waals surface area contributed by atoms with E-state index < -0.39 is 12.0 Å². The Labute approximate surface area is 72.6 Å². The summed E-state index contributed by atoms with van der Waals surface area (Å²) in [5, 5.41) is 12.2. The van der Waals surface area contributed by atoms with Gasteiger partial charge in [0.15, 0.2) is 0 Å². The van der Waals surface area contributed by atoms with Crippen LogP contribution in [0.2, 0.25) is 0 Å². The van der Waals surface area contributed by atoms with Gasteiger partial charge in [-0.05, 0) is 0 Å². The Morgan fingerprint density at radius 2 is 2.45 bits per heavy atom. The van der Waals surface area contributed by atoms with Crippen molar-refractivity contribution in [2.75, 3.05) is 0 Å². The monoisotopic (exact) mass is 200 g/mol. The van der Waals surface area contributed by atoms with Gasteiger partial charge in [-0.15, -0.1) is 0 Å². The third-order valence-corrected chi connectivity index (χ3v) is 1.14. The van der Waals surface area contributed by atoms with Crippen LogP contribution in [0.3, 0.4) is 0 Å². The van der Waals surface area contributed by atoms with E-state index in [2.05, 4.69) is 20.6 Å². The molecule has 0 aliphatic carbocycles. The topological polar surface area (TPSA) is 75.4 Å². The molecule has 0 aromatic heterocycles. The number of rotatable bonds is 5. The quantitative estimate of drug-likeness (QED) is 0.497. The first-order valence-corrected chi connectivity index (χ1v) is 3.43. The van der Waals surface area contributed by atoms with E-state index in [-0.39, 0.29) is 12.1 Å². The van der Waals surface area contributed by atoms with E-state index in [1.54, 1.807) is 0 Å². The Hall–Kier alpha value is -0.654. The van der Waals surface area contributed by atoms with E-state index >= 15 is 0 Å². The zero-order valence-electron chi connectivity index (χ0n) is 5.71. The summed E-state index contributed by atoms with van der Waals surface area (Å²) in [6, 6.07) is -0.963. The Bertz CT molecular complexity index is 181. The maximum absolute atomic E-state index is 10.2. The molecule has 0 aromatic carbocycles. The van der Waals surface area contributed by atoms with Crippen LogP contribution in [0, 0.1) is 6.58 Å². The molecule has 0 saturated heterocycles. The Balaban J connectivity index is 3.74. The molecule has 0 rings (SSSR count). The van der Waals surface area contributed by atoms with Crippen molar-refractivity contribution >= 4 is 11.1 Å². The molecular formula is C6H9CoN2O2-. The zero-order chi connectivity index (χ0) is 8.85. The predicted molar refractivity (Wildman–Crippen MR) is 37.2 cm³/mol. The molecule has 0 aliphatic heterocycles. The number of hydrogen-bond donors (Lipinski definition) is 3. The van der Waals surface area contributed by atoms with Gasteiger partial charge >= 0.3 is 72.0 Å². The summed E-state index contributed by atoms with van der Waals surface area (Å²) in [5.74, 6) is -1.08. The molecule has 0 amide bonds. The van der Waals surface area contributed by atoms with Crippen LogP contribution in [0.25, 0.3) is 0 Å². The molecule has 65 valence electrons. The molecule has 0 aromatic rings. The van der Waals surface area contributed by atoms with Crippen molar-refractivity contribution in [3.05, 3.63) is 12.3 Å². The second kappa shape index (κ2) is 5.06. The summed E-state index contributed by atoms with van der Waals surface area (Å²) >= 11 is 3.75. The van der Waals surface area contributed by atoms with E-state index in [1.165, 1.54) is 5.08 Å². The molecular weight excluding hydrogens is 191 g/mol. The average molecular weight is 200 g/mol. The van der Waals surface area contributed by atoms with Crippen LogP contribution in [0.4, 0.5) is 0 Å². The van der Waals surface area contributed by atoms with Crippen molar-refractivity contribution in [3.8, 4) is 0 Å². The van der Waals surface area contributed by atoms with Gasteiger partial charge in [-0.1, -0.05) is 0 Å². The normalized spacial score (nSPS) is 11.8. The molecule has 0 aliphatic rings. The number of aliphatic carboxylic acids is 1. The molecule has 11 heavy (non-hydrogen) atoms. The second-order valence-electron chi connectivity index (χ2n) is 1.91. The number of nitrogens with two attached hydrogens (primary N) is 1. The van der Waals surface area contributed by atoms with E-state index in [9.17, 15) is 4.79 Å². The van der Waals surface area contributed by atoms with Gasteiger partial charge in [-0.2, -0.15) is 0 Å². The van der Waals surface area contributed by atoms with Crippen LogP contribution < -0.4 is 11.1 Å². The summed E-state index contributed by atoms with van der Waals surface area (Å²) in [4.78, 5) is 10.2.